The van der Waals surface area contributed by atoms with Gasteiger partial charge in [0.15, 0.2) is 6.61 Å². The lowest BCUT2D eigenvalue weighted by molar-refractivity contribution is -0.123. The van der Waals surface area contributed by atoms with Gasteiger partial charge in [-0.3, -0.25) is 20.4 Å². The van der Waals surface area contributed by atoms with E-state index in [4.69, 9.17) is 4.74 Å². The minimum atomic E-state index is -0.551. The van der Waals surface area contributed by atoms with Gasteiger partial charge in [-0.05, 0) is 57.0 Å². The van der Waals surface area contributed by atoms with Crippen molar-refractivity contribution in [2.24, 2.45) is 0 Å². The molecule has 2 amide bonds. The van der Waals surface area contributed by atoms with E-state index in [9.17, 15) is 14.0 Å². The summed E-state index contributed by atoms with van der Waals surface area (Å²) in [6.45, 7) is -0.277. The van der Waals surface area contributed by atoms with E-state index in [0.29, 0.717) is 5.75 Å². The number of rotatable bonds is 4. The van der Waals surface area contributed by atoms with Gasteiger partial charge in [-0.25, -0.2) is 4.39 Å². The lowest BCUT2D eigenvalue weighted by Gasteiger charge is -2.11. The van der Waals surface area contributed by atoms with Crippen molar-refractivity contribution in [3.8, 4) is 5.75 Å². The van der Waals surface area contributed by atoms with Crippen LogP contribution in [-0.4, -0.2) is 18.4 Å². The molecule has 0 aliphatic carbocycles. The first kappa shape index (κ1) is 17.9. The van der Waals surface area contributed by atoms with E-state index in [2.05, 4.69) is 26.8 Å². The van der Waals surface area contributed by atoms with E-state index >= 15 is 0 Å². The number of nitrogens with one attached hydrogen (secondary N) is 2. The van der Waals surface area contributed by atoms with Gasteiger partial charge in [-0.1, -0.05) is 30.3 Å². The highest BCUT2D eigenvalue weighted by Gasteiger charge is 2.10. The molecule has 5 nitrogen and oxygen atoms in total. The molecule has 0 fully saturated rings. The fourth-order valence-electron chi connectivity index (χ4n) is 2.30. The van der Waals surface area contributed by atoms with Crippen molar-refractivity contribution in [3.63, 3.8) is 0 Å². The number of hydrazine groups is 1. The third-order valence-corrected chi connectivity index (χ3v) is 4.43. The van der Waals surface area contributed by atoms with Gasteiger partial charge in [-0.15, -0.1) is 0 Å². The first-order chi connectivity index (χ1) is 12.5. The van der Waals surface area contributed by atoms with Crippen LogP contribution in [-0.2, 0) is 4.79 Å². The van der Waals surface area contributed by atoms with Crippen LogP contribution in [0.5, 0.6) is 5.75 Å². The van der Waals surface area contributed by atoms with E-state index in [1.165, 1.54) is 12.1 Å². The molecule has 7 heteroatoms. The molecule has 0 aliphatic rings. The third-order valence-electron chi connectivity index (χ3n) is 3.61. The second kappa shape index (κ2) is 7.97. The first-order valence-electron chi connectivity index (χ1n) is 7.69. The predicted octanol–water partition coefficient (Wildman–Crippen LogP) is 3.58. The van der Waals surface area contributed by atoms with Crippen LogP contribution in [0.15, 0.2) is 65.1 Å². The van der Waals surface area contributed by atoms with Crippen molar-refractivity contribution in [3.05, 3.63) is 76.5 Å². The van der Waals surface area contributed by atoms with Gasteiger partial charge < -0.3 is 4.74 Å². The number of halogens is 2. The number of fused-ring (bicyclic) bond motifs is 1. The van der Waals surface area contributed by atoms with Crippen LogP contribution in [0.1, 0.15) is 10.4 Å². The Morgan fingerprint density at radius 2 is 1.69 bits per heavy atom. The molecule has 0 heterocycles. The summed E-state index contributed by atoms with van der Waals surface area (Å²) in [5.74, 6) is -1.01. The molecular formula is C19H14BrFN2O3. The van der Waals surface area contributed by atoms with E-state index in [1.54, 1.807) is 6.07 Å². The first-order valence-corrected chi connectivity index (χ1v) is 8.48. The van der Waals surface area contributed by atoms with Crippen molar-refractivity contribution < 1.29 is 18.7 Å². The van der Waals surface area contributed by atoms with Crippen molar-refractivity contribution in [2.45, 2.75) is 0 Å². The molecule has 0 bridgehead atoms. The molecule has 2 N–H and O–H groups in total. The highest BCUT2D eigenvalue weighted by Crippen LogP contribution is 2.32. The molecule has 3 aromatic carbocycles. The standard InChI is InChI=1S/C19H14BrFN2O3/c20-18-15-4-2-1-3-12(15)7-10-16(18)26-11-17(24)22-23-19(25)13-5-8-14(21)9-6-13/h1-10H,11H2,(H,22,24)(H,23,25). The Balaban J connectivity index is 1.55. The molecule has 0 unspecified atom stereocenters. The monoisotopic (exact) mass is 416 g/mol. The van der Waals surface area contributed by atoms with Crippen LogP contribution < -0.4 is 15.6 Å². The van der Waals surface area contributed by atoms with Crippen molar-refractivity contribution in [1.29, 1.82) is 0 Å². The maximum Gasteiger partial charge on any atom is 0.276 e. The van der Waals surface area contributed by atoms with Crippen LogP contribution in [0.4, 0.5) is 4.39 Å². The number of hydrogen-bond donors (Lipinski definition) is 2. The van der Waals surface area contributed by atoms with Crippen molar-refractivity contribution >= 4 is 38.5 Å². The maximum atomic E-state index is 12.8. The lowest BCUT2D eigenvalue weighted by atomic mass is 10.1. The van der Waals surface area contributed by atoms with E-state index in [-0.39, 0.29) is 12.2 Å². The smallest absolute Gasteiger partial charge is 0.276 e. The van der Waals surface area contributed by atoms with E-state index in [1.807, 2.05) is 30.3 Å². The third kappa shape index (κ3) is 4.18. The highest BCUT2D eigenvalue weighted by atomic mass is 79.9. The molecule has 0 atom stereocenters. The minimum Gasteiger partial charge on any atom is -0.483 e. The van der Waals surface area contributed by atoms with Gasteiger partial charge in [-0.2, -0.15) is 0 Å². The van der Waals surface area contributed by atoms with E-state index < -0.39 is 17.6 Å². The molecule has 26 heavy (non-hydrogen) atoms. The molecule has 0 aromatic heterocycles. The van der Waals surface area contributed by atoms with Crippen LogP contribution in [0.3, 0.4) is 0 Å². The van der Waals surface area contributed by atoms with Gasteiger partial charge in [0.1, 0.15) is 11.6 Å². The zero-order valence-electron chi connectivity index (χ0n) is 13.5. The van der Waals surface area contributed by atoms with Gasteiger partial charge >= 0.3 is 0 Å². The second-order valence-corrected chi connectivity index (χ2v) is 6.19. The largest absolute Gasteiger partial charge is 0.483 e. The number of benzene rings is 3. The summed E-state index contributed by atoms with van der Waals surface area (Å²) in [4.78, 5) is 23.7. The van der Waals surface area contributed by atoms with Gasteiger partial charge in [0.2, 0.25) is 0 Å². The van der Waals surface area contributed by atoms with Crippen molar-refractivity contribution in [2.75, 3.05) is 6.61 Å². The fourth-order valence-corrected chi connectivity index (χ4v) is 2.91. The maximum absolute atomic E-state index is 12.8. The number of amides is 2. The zero-order chi connectivity index (χ0) is 18.5. The molecule has 132 valence electrons. The normalized spacial score (nSPS) is 10.4. The number of hydrogen-bond acceptors (Lipinski definition) is 3. The zero-order valence-corrected chi connectivity index (χ0v) is 15.0. The lowest BCUT2D eigenvalue weighted by Crippen LogP contribution is -2.43. The fraction of sp³-hybridized carbons (Fsp3) is 0.0526. The van der Waals surface area contributed by atoms with Crippen LogP contribution in [0, 0.1) is 5.82 Å². The average Bonchev–Trinajstić information content (AvgIpc) is 2.66. The second-order valence-electron chi connectivity index (χ2n) is 5.40. The Bertz CT molecular complexity index is 961. The summed E-state index contributed by atoms with van der Waals surface area (Å²) in [5, 5.41) is 2.01. The number of carbonyl (C=O) groups excluding carboxylic acids is 2. The summed E-state index contributed by atoms with van der Waals surface area (Å²) >= 11 is 3.47. The molecule has 0 radical (unpaired) electrons. The van der Waals surface area contributed by atoms with Crippen LogP contribution >= 0.6 is 15.9 Å². The summed E-state index contributed by atoms with van der Waals surface area (Å²) in [5.41, 5.74) is 4.72. The topological polar surface area (TPSA) is 67.4 Å². The SMILES string of the molecule is O=C(COc1ccc2ccccc2c1Br)NNC(=O)c1ccc(F)cc1. The Hall–Kier alpha value is -2.93. The summed E-state index contributed by atoms with van der Waals surface area (Å²) < 4.78 is 19.1. The molecule has 0 saturated heterocycles. The number of ether oxygens (including phenoxy) is 1. The van der Waals surface area contributed by atoms with Gasteiger partial charge in [0.05, 0.1) is 4.47 Å². The molecule has 0 aliphatic heterocycles. The van der Waals surface area contributed by atoms with Gasteiger partial charge in [0.25, 0.3) is 11.8 Å². The Morgan fingerprint density at radius 1 is 0.962 bits per heavy atom. The number of carbonyl (C=O) groups is 2. The Labute approximate surface area is 157 Å². The average molecular weight is 417 g/mol. The minimum absolute atomic E-state index is 0.227. The van der Waals surface area contributed by atoms with Crippen molar-refractivity contribution in [1.82, 2.24) is 10.9 Å². The summed E-state index contributed by atoms with van der Waals surface area (Å²) in [6.07, 6.45) is 0. The van der Waals surface area contributed by atoms with Crippen LogP contribution in [0.25, 0.3) is 10.8 Å². The summed E-state index contributed by atoms with van der Waals surface area (Å²) in [7, 11) is 0. The molecular weight excluding hydrogens is 403 g/mol. The predicted molar refractivity (Wildman–Crippen MR) is 99.2 cm³/mol. The molecule has 0 saturated carbocycles. The summed E-state index contributed by atoms with van der Waals surface area (Å²) in [6, 6.07) is 16.4. The van der Waals surface area contributed by atoms with E-state index in [0.717, 1.165) is 27.4 Å². The Morgan fingerprint density at radius 3 is 2.46 bits per heavy atom. The Kier molecular flexibility index (Phi) is 5.48. The quantitative estimate of drug-likeness (QED) is 0.638. The van der Waals surface area contributed by atoms with Crippen LogP contribution in [0.2, 0.25) is 0 Å². The highest BCUT2D eigenvalue weighted by molar-refractivity contribution is 9.10. The molecule has 3 aromatic rings. The molecule has 0 spiro atoms. The molecule has 3 rings (SSSR count). The van der Waals surface area contributed by atoms with Gasteiger partial charge in [0, 0.05) is 5.56 Å².